The van der Waals surface area contributed by atoms with Crippen LogP contribution in [0.4, 0.5) is 0 Å². The molecule has 25 heavy (non-hydrogen) atoms. The lowest BCUT2D eigenvalue weighted by atomic mass is 10.0. The van der Waals surface area contributed by atoms with Gasteiger partial charge in [-0.05, 0) is 26.8 Å². The van der Waals surface area contributed by atoms with Crippen LogP contribution in [-0.2, 0) is 17.7 Å². The number of nitrogens with zero attached hydrogens (tertiary/aromatic N) is 4. The number of aromatic amines is 1. The van der Waals surface area contributed by atoms with Crippen LogP contribution >= 0.6 is 0 Å². The van der Waals surface area contributed by atoms with Gasteiger partial charge in [-0.3, -0.25) is 4.79 Å². The summed E-state index contributed by atoms with van der Waals surface area (Å²) in [4.78, 5) is 18.2. The molecular weight excluding hydrogens is 318 g/mol. The molecule has 1 atom stereocenters. The van der Waals surface area contributed by atoms with E-state index in [0.717, 1.165) is 35.7 Å². The summed E-state index contributed by atoms with van der Waals surface area (Å²) in [5.74, 6) is 0.00533. The van der Waals surface area contributed by atoms with Gasteiger partial charge in [-0.15, -0.1) is 11.7 Å². The van der Waals surface area contributed by atoms with Gasteiger partial charge in [0.1, 0.15) is 11.7 Å². The van der Waals surface area contributed by atoms with Gasteiger partial charge in [-0.25, -0.2) is 4.68 Å². The van der Waals surface area contributed by atoms with E-state index >= 15 is 0 Å². The first-order chi connectivity index (χ1) is 12.1. The Labute approximate surface area is 147 Å². The fraction of sp³-hybridized carbons (Fsp3) is 0.500. The molecule has 1 aliphatic heterocycles. The topological polar surface area (TPSA) is 76.0 Å². The molecule has 0 aliphatic carbocycles. The molecule has 0 fully saturated rings. The number of aromatic nitrogens is 4. The van der Waals surface area contributed by atoms with Crippen LogP contribution in [0, 0.1) is 13.8 Å². The van der Waals surface area contributed by atoms with Crippen molar-refractivity contribution in [2.75, 3.05) is 19.8 Å². The van der Waals surface area contributed by atoms with Gasteiger partial charge < -0.3 is 14.6 Å². The number of fused-ring (bicyclic) bond motifs is 1. The zero-order chi connectivity index (χ0) is 18.0. The molecule has 7 nitrogen and oxygen atoms in total. The molecule has 0 saturated heterocycles. The lowest BCUT2D eigenvalue weighted by molar-refractivity contribution is 0.0436. The Morgan fingerprint density at radius 2 is 2.32 bits per heavy atom. The van der Waals surface area contributed by atoms with Crippen molar-refractivity contribution in [3.63, 3.8) is 0 Å². The SMILES string of the molecule is C=CCOC[C@@H]1c2nnn(CC)c2CCN1C(=O)c1cc(C)[nH]c1C. The normalized spacial score (nSPS) is 16.8. The van der Waals surface area contributed by atoms with Crippen LogP contribution in [-0.4, -0.2) is 50.5 Å². The maximum Gasteiger partial charge on any atom is 0.256 e. The highest BCUT2D eigenvalue weighted by Gasteiger charge is 2.36. The molecule has 0 radical (unpaired) electrons. The minimum Gasteiger partial charge on any atom is -0.375 e. The van der Waals surface area contributed by atoms with Crippen molar-refractivity contribution in [3.05, 3.63) is 47.1 Å². The number of amides is 1. The molecule has 0 spiro atoms. The molecule has 3 rings (SSSR count). The second-order valence-corrected chi connectivity index (χ2v) is 6.32. The summed E-state index contributed by atoms with van der Waals surface area (Å²) in [5.41, 5.74) is 4.51. The smallest absolute Gasteiger partial charge is 0.256 e. The Bertz CT molecular complexity index is 777. The summed E-state index contributed by atoms with van der Waals surface area (Å²) >= 11 is 0. The molecule has 1 N–H and O–H groups in total. The van der Waals surface area contributed by atoms with E-state index in [9.17, 15) is 4.79 Å². The van der Waals surface area contributed by atoms with Crippen LogP contribution in [0.5, 0.6) is 0 Å². The number of H-pyrrole nitrogens is 1. The highest BCUT2D eigenvalue weighted by molar-refractivity contribution is 5.96. The van der Waals surface area contributed by atoms with Gasteiger partial charge in [0.05, 0.1) is 24.5 Å². The Kier molecular flexibility index (Phi) is 5.03. The van der Waals surface area contributed by atoms with Crippen molar-refractivity contribution < 1.29 is 9.53 Å². The van der Waals surface area contributed by atoms with Crippen molar-refractivity contribution in [1.82, 2.24) is 24.9 Å². The van der Waals surface area contributed by atoms with Crippen LogP contribution in [0.3, 0.4) is 0 Å². The first kappa shape index (κ1) is 17.4. The van der Waals surface area contributed by atoms with Gasteiger partial charge in [0, 0.05) is 30.9 Å². The fourth-order valence-corrected chi connectivity index (χ4v) is 3.42. The number of hydrogen-bond acceptors (Lipinski definition) is 4. The van der Waals surface area contributed by atoms with Crippen LogP contribution in [0.25, 0.3) is 0 Å². The molecule has 2 aromatic rings. The van der Waals surface area contributed by atoms with Crippen molar-refractivity contribution in [3.8, 4) is 0 Å². The van der Waals surface area contributed by atoms with E-state index in [1.807, 2.05) is 36.4 Å². The van der Waals surface area contributed by atoms with Crippen LogP contribution in [0.15, 0.2) is 18.7 Å². The summed E-state index contributed by atoms with van der Waals surface area (Å²) in [5, 5.41) is 8.58. The fourth-order valence-electron chi connectivity index (χ4n) is 3.42. The lowest BCUT2D eigenvalue weighted by Crippen LogP contribution is -2.42. The van der Waals surface area contributed by atoms with Gasteiger partial charge in [-0.2, -0.15) is 0 Å². The Morgan fingerprint density at radius 1 is 1.52 bits per heavy atom. The standard InChI is InChI=1S/C18H25N5O2/c1-5-9-25-11-16-17-15(23(6-2)21-20-17)7-8-22(16)18(24)14-10-12(3)19-13(14)4/h5,10,16,19H,1,6-9,11H2,2-4H3/t16-/m1/s1. The third-order valence-electron chi connectivity index (χ3n) is 4.60. The summed E-state index contributed by atoms with van der Waals surface area (Å²) in [6.45, 7) is 11.8. The van der Waals surface area contributed by atoms with Crippen molar-refractivity contribution in [1.29, 1.82) is 0 Å². The Morgan fingerprint density at radius 3 is 2.96 bits per heavy atom. The van der Waals surface area contributed by atoms with E-state index in [2.05, 4.69) is 21.9 Å². The molecule has 0 unspecified atom stereocenters. The molecule has 1 aliphatic rings. The van der Waals surface area contributed by atoms with E-state index in [1.54, 1.807) is 6.08 Å². The largest absolute Gasteiger partial charge is 0.375 e. The van der Waals surface area contributed by atoms with Gasteiger partial charge >= 0.3 is 0 Å². The second kappa shape index (κ2) is 7.23. The number of aryl methyl sites for hydroxylation is 3. The molecule has 0 saturated carbocycles. The van der Waals surface area contributed by atoms with Crippen molar-refractivity contribution >= 4 is 5.91 Å². The summed E-state index contributed by atoms with van der Waals surface area (Å²) in [6, 6.07) is 1.67. The van der Waals surface area contributed by atoms with E-state index in [-0.39, 0.29) is 11.9 Å². The first-order valence-corrected chi connectivity index (χ1v) is 8.64. The number of nitrogens with one attached hydrogen (secondary N) is 1. The molecular formula is C18H25N5O2. The minimum absolute atomic E-state index is 0.00533. The average molecular weight is 343 g/mol. The highest BCUT2D eigenvalue weighted by Crippen LogP contribution is 2.30. The van der Waals surface area contributed by atoms with Crippen LogP contribution < -0.4 is 0 Å². The summed E-state index contributed by atoms with van der Waals surface area (Å²) in [7, 11) is 0. The molecule has 7 heteroatoms. The number of rotatable bonds is 6. The number of carbonyl (C=O) groups excluding carboxylic acids is 1. The third kappa shape index (κ3) is 3.24. The van der Waals surface area contributed by atoms with E-state index in [4.69, 9.17) is 4.74 Å². The van der Waals surface area contributed by atoms with E-state index in [0.29, 0.717) is 25.3 Å². The lowest BCUT2D eigenvalue weighted by Gasteiger charge is -2.34. The van der Waals surface area contributed by atoms with Gasteiger partial charge in [-0.1, -0.05) is 11.3 Å². The average Bonchev–Trinajstić information content (AvgIpc) is 3.17. The van der Waals surface area contributed by atoms with Crippen molar-refractivity contribution in [2.45, 2.75) is 39.8 Å². The number of ether oxygens (including phenoxy) is 1. The number of carbonyl (C=O) groups is 1. The third-order valence-corrected chi connectivity index (χ3v) is 4.60. The van der Waals surface area contributed by atoms with Crippen LogP contribution in [0.2, 0.25) is 0 Å². The maximum absolute atomic E-state index is 13.1. The first-order valence-electron chi connectivity index (χ1n) is 8.64. The molecule has 1 amide bonds. The van der Waals surface area contributed by atoms with E-state index in [1.165, 1.54) is 0 Å². The monoisotopic (exact) mass is 343 g/mol. The maximum atomic E-state index is 13.1. The predicted molar refractivity (Wildman–Crippen MR) is 94.5 cm³/mol. The summed E-state index contributed by atoms with van der Waals surface area (Å²) in [6.07, 6.45) is 2.46. The molecule has 2 aromatic heterocycles. The molecule has 0 aromatic carbocycles. The highest BCUT2D eigenvalue weighted by atomic mass is 16.5. The zero-order valence-corrected chi connectivity index (χ0v) is 15.1. The van der Waals surface area contributed by atoms with Gasteiger partial charge in [0.15, 0.2) is 0 Å². The Hall–Kier alpha value is -2.41. The van der Waals surface area contributed by atoms with Gasteiger partial charge in [0.25, 0.3) is 5.91 Å². The second-order valence-electron chi connectivity index (χ2n) is 6.32. The Balaban J connectivity index is 1.92. The van der Waals surface area contributed by atoms with E-state index < -0.39 is 0 Å². The van der Waals surface area contributed by atoms with Crippen LogP contribution in [0.1, 0.15) is 46.1 Å². The quantitative estimate of drug-likeness (QED) is 0.644. The van der Waals surface area contributed by atoms with Crippen molar-refractivity contribution in [2.24, 2.45) is 0 Å². The zero-order valence-electron chi connectivity index (χ0n) is 15.1. The molecule has 0 bridgehead atoms. The predicted octanol–water partition coefficient (Wildman–Crippen LogP) is 2.19. The molecule has 134 valence electrons. The number of hydrogen-bond donors (Lipinski definition) is 1. The van der Waals surface area contributed by atoms with Gasteiger partial charge in [0.2, 0.25) is 0 Å². The summed E-state index contributed by atoms with van der Waals surface area (Å²) < 4.78 is 7.58. The minimum atomic E-state index is -0.230. The molecule has 3 heterocycles.